The van der Waals surface area contributed by atoms with Gasteiger partial charge >= 0.3 is 0 Å². The van der Waals surface area contributed by atoms with Crippen LogP contribution in [0.1, 0.15) is 0 Å². The molecule has 2 aromatic heterocycles. The molecular weight excluding hydrogens is 156 g/mol. The van der Waals surface area contributed by atoms with Gasteiger partial charge in [-0.05, 0) is 0 Å². The lowest BCUT2D eigenvalue weighted by Gasteiger charge is -1.95. The predicted octanol–water partition coefficient (Wildman–Crippen LogP) is -0.333. The monoisotopic (exact) mass is 164 g/mol. The fourth-order valence-corrected chi connectivity index (χ4v) is 1.09. The van der Waals surface area contributed by atoms with E-state index in [0.717, 1.165) is 0 Å². The number of aromatic nitrogens is 4. The van der Waals surface area contributed by atoms with Crippen LogP contribution >= 0.6 is 0 Å². The summed E-state index contributed by atoms with van der Waals surface area (Å²) in [6, 6.07) is 0. The van der Waals surface area contributed by atoms with Gasteiger partial charge in [-0.15, -0.1) is 0 Å². The van der Waals surface area contributed by atoms with Gasteiger partial charge in [0, 0.05) is 14.1 Å². The number of imidazole rings is 1. The van der Waals surface area contributed by atoms with Crippen LogP contribution in [0.5, 0.6) is 0 Å². The van der Waals surface area contributed by atoms with E-state index >= 15 is 0 Å². The van der Waals surface area contributed by atoms with E-state index < -0.39 is 0 Å². The zero-order chi connectivity index (χ0) is 8.72. The molecule has 0 aliphatic rings. The smallest absolute Gasteiger partial charge is 0.281 e. The van der Waals surface area contributed by atoms with Crippen LogP contribution < -0.4 is 5.56 Å². The highest BCUT2D eigenvalue weighted by molar-refractivity contribution is 5.68. The van der Waals surface area contributed by atoms with Crippen molar-refractivity contribution in [3.05, 3.63) is 23.0 Å². The number of rotatable bonds is 0. The Bertz CT molecular complexity index is 482. The summed E-state index contributed by atoms with van der Waals surface area (Å²) in [4.78, 5) is 19.4. The van der Waals surface area contributed by atoms with E-state index in [4.69, 9.17) is 0 Å². The zero-order valence-corrected chi connectivity index (χ0v) is 6.85. The lowest BCUT2D eigenvalue weighted by molar-refractivity contribution is 0.831. The molecule has 0 saturated heterocycles. The van der Waals surface area contributed by atoms with E-state index in [1.54, 1.807) is 17.9 Å². The van der Waals surface area contributed by atoms with Gasteiger partial charge in [0.25, 0.3) is 5.56 Å². The highest BCUT2D eigenvalue weighted by Crippen LogP contribution is 2.00. The minimum Gasteiger partial charge on any atom is -0.318 e. The zero-order valence-electron chi connectivity index (χ0n) is 6.85. The molecule has 0 unspecified atom stereocenters. The van der Waals surface area contributed by atoms with Gasteiger partial charge in [0.05, 0.1) is 12.7 Å². The third kappa shape index (κ3) is 0.761. The Morgan fingerprint density at radius 2 is 1.83 bits per heavy atom. The summed E-state index contributed by atoms with van der Waals surface area (Å²) in [5, 5.41) is 0. The van der Waals surface area contributed by atoms with Gasteiger partial charge in [0.1, 0.15) is 0 Å². The fourth-order valence-electron chi connectivity index (χ4n) is 1.09. The molecule has 0 spiro atoms. The van der Waals surface area contributed by atoms with Gasteiger partial charge < -0.3 is 9.13 Å². The molecule has 0 N–H and O–H groups in total. The van der Waals surface area contributed by atoms with Crippen molar-refractivity contribution in [3.63, 3.8) is 0 Å². The standard InChI is InChI=1S/C7H8N4O/c1-10-3-8-5-6(10)9-4-11(2)7(5)12/h3-4H,1-2H3. The quantitative estimate of drug-likeness (QED) is 0.535. The highest BCUT2D eigenvalue weighted by Gasteiger charge is 2.04. The summed E-state index contributed by atoms with van der Waals surface area (Å²) < 4.78 is 3.13. The molecule has 2 rings (SSSR count). The van der Waals surface area contributed by atoms with E-state index in [2.05, 4.69) is 9.97 Å². The van der Waals surface area contributed by atoms with Gasteiger partial charge in [-0.1, -0.05) is 0 Å². The van der Waals surface area contributed by atoms with Crippen LogP contribution in [0.25, 0.3) is 11.2 Å². The second-order valence-electron chi connectivity index (χ2n) is 2.69. The van der Waals surface area contributed by atoms with Gasteiger partial charge in [-0.3, -0.25) is 4.79 Å². The van der Waals surface area contributed by atoms with Crippen molar-refractivity contribution < 1.29 is 0 Å². The molecule has 2 aromatic rings. The third-order valence-corrected chi connectivity index (χ3v) is 1.78. The average Bonchev–Trinajstić information content (AvgIpc) is 2.41. The van der Waals surface area contributed by atoms with E-state index in [9.17, 15) is 4.79 Å². The summed E-state index contributed by atoms with van der Waals surface area (Å²) in [7, 11) is 3.46. The van der Waals surface area contributed by atoms with Crippen molar-refractivity contribution in [1.82, 2.24) is 19.1 Å². The van der Waals surface area contributed by atoms with Crippen LogP contribution in [0.2, 0.25) is 0 Å². The van der Waals surface area contributed by atoms with Gasteiger partial charge in [0.2, 0.25) is 0 Å². The van der Waals surface area contributed by atoms with Gasteiger partial charge in [-0.2, -0.15) is 0 Å². The van der Waals surface area contributed by atoms with Gasteiger partial charge in [0.15, 0.2) is 11.2 Å². The second-order valence-corrected chi connectivity index (χ2v) is 2.69. The van der Waals surface area contributed by atoms with E-state index in [0.29, 0.717) is 11.2 Å². The molecule has 0 aliphatic carbocycles. The maximum Gasteiger partial charge on any atom is 0.281 e. The van der Waals surface area contributed by atoms with E-state index in [-0.39, 0.29) is 5.56 Å². The Kier molecular flexibility index (Phi) is 1.27. The van der Waals surface area contributed by atoms with Crippen molar-refractivity contribution in [1.29, 1.82) is 0 Å². The highest BCUT2D eigenvalue weighted by atomic mass is 16.1. The minimum absolute atomic E-state index is 0.111. The van der Waals surface area contributed by atoms with Crippen molar-refractivity contribution in [3.8, 4) is 0 Å². The molecule has 0 fully saturated rings. The molecule has 5 nitrogen and oxygen atoms in total. The predicted molar refractivity (Wildman–Crippen MR) is 43.8 cm³/mol. The SMILES string of the molecule is Cn1cnc2c(ncn2C)c1=O. The molecule has 12 heavy (non-hydrogen) atoms. The van der Waals surface area contributed by atoms with Crippen LogP contribution in [-0.4, -0.2) is 19.1 Å². The molecule has 0 radical (unpaired) electrons. The van der Waals surface area contributed by atoms with Crippen molar-refractivity contribution >= 4 is 11.2 Å². The number of hydrogen-bond donors (Lipinski definition) is 0. The largest absolute Gasteiger partial charge is 0.318 e. The van der Waals surface area contributed by atoms with Gasteiger partial charge in [-0.25, -0.2) is 9.97 Å². The van der Waals surface area contributed by atoms with Crippen LogP contribution in [-0.2, 0) is 14.1 Å². The molecular formula is C7H8N4O. The first-order valence-corrected chi connectivity index (χ1v) is 3.53. The first kappa shape index (κ1) is 7.02. The lowest BCUT2D eigenvalue weighted by Crippen LogP contribution is -2.17. The number of fused-ring (bicyclic) bond motifs is 1. The van der Waals surface area contributed by atoms with E-state index in [1.165, 1.54) is 10.9 Å². The number of nitrogens with zero attached hydrogens (tertiary/aromatic N) is 4. The second kappa shape index (κ2) is 2.17. The Morgan fingerprint density at radius 3 is 2.58 bits per heavy atom. The number of hydrogen-bond acceptors (Lipinski definition) is 3. The van der Waals surface area contributed by atoms with E-state index in [1.807, 2.05) is 7.05 Å². The molecule has 0 aromatic carbocycles. The molecule has 0 aliphatic heterocycles. The van der Waals surface area contributed by atoms with Crippen LogP contribution in [0.4, 0.5) is 0 Å². The Morgan fingerprint density at radius 1 is 1.17 bits per heavy atom. The van der Waals surface area contributed by atoms with Crippen molar-refractivity contribution in [2.75, 3.05) is 0 Å². The molecule has 2 heterocycles. The van der Waals surface area contributed by atoms with Crippen LogP contribution in [0.3, 0.4) is 0 Å². The summed E-state index contributed by atoms with van der Waals surface area (Å²) in [6.07, 6.45) is 3.07. The normalized spacial score (nSPS) is 10.8. The molecule has 0 saturated carbocycles. The van der Waals surface area contributed by atoms with Crippen LogP contribution in [0, 0.1) is 0 Å². The molecule has 0 atom stereocenters. The topological polar surface area (TPSA) is 52.7 Å². The average molecular weight is 164 g/mol. The van der Waals surface area contributed by atoms with Crippen molar-refractivity contribution in [2.24, 2.45) is 14.1 Å². The maximum absolute atomic E-state index is 11.4. The summed E-state index contributed by atoms with van der Waals surface area (Å²) in [5.74, 6) is 0. The first-order chi connectivity index (χ1) is 5.70. The molecule has 62 valence electrons. The Labute approximate surface area is 68.3 Å². The third-order valence-electron chi connectivity index (χ3n) is 1.78. The first-order valence-electron chi connectivity index (χ1n) is 3.53. The fraction of sp³-hybridized carbons (Fsp3) is 0.286. The number of aryl methyl sites for hydroxylation is 2. The Balaban J connectivity index is 3.03. The van der Waals surface area contributed by atoms with Crippen LogP contribution in [0.15, 0.2) is 17.4 Å². The summed E-state index contributed by atoms with van der Waals surface area (Å²) in [6.45, 7) is 0. The molecule has 5 heteroatoms. The summed E-state index contributed by atoms with van der Waals surface area (Å²) >= 11 is 0. The Hall–Kier alpha value is -1.65. The molecule has 0 amide bonds. The van der Waals surface area contributed by atoms with Crippen molar-refractivity contribution in [2.45, 2.75) is 0 Å². The maximum atomic E-state index is 11.4. The summed E-state index contributed by atoms with van der Waals surface area (Å²) in [5.41, 5.74) is 0.932. The molecule has 0 bridgehead atoms. The minimum atomic E-state index is -0.111. The lowest BCUT2D eigenvalue weighted by atomic mass is 10.5.